The molecule has 2 heterocycles. The SMILES string of the molecule is Cc1nnnn1/C(=C/c1ccccc1)C(=O)NC(CO)c1ccco1. The Hall–Kier alpha value is -3.26. The average molecular weight is 339 g/mol. The zero-order valence-corrected chi connectivity index (χ0v) is 13.5. The van der Waals surface area contributed by atoms with Gasteiger partial charge in [0.25, 0.3) is 5.91 Å². The lowest BCUT2D eigenvalue weighted by Crippen LogP contribution is -2.33. The van der Waals surface area contributed by atoms with Crippen LogP contribution >= 0.6 is 0 Å². The molecule has 128 valence electrons. The van der Waals surface area contributed by atoms with Gasteiger partial charge in [0.2, 0.25) is 0 Å². The van der Waals surface area contributed by atoms with E-state index in [0.29, 0.717) is 11.6 Å². The zero-order chi connectivity index (χ0) is 17.6. The highest BCUT2D eigenvalue weighted by atomic mass is 16.3. The number of aliphatic hydroxyl groups excluding tert-OH is 1. The van der Waals surface area contributed by atoms with Crippen LogP contribution in [0.5, 0.6) is 0 Å². The van der Waals surface area contributed by atoms with Crippen molar-refractivity contribution in [3.8, 4) is 0 Å². The van der Waals surface area contributed by atoms with E-state index in [1.807, 2.05) is 30.3 Å². The maximum atomic E-state index is 12.8. The van der Waals surface area contributed by atoms with E-state index in [-0.39, 0.29) is 12.3 Å². The Bertz CT molecular complexity index is 856. The van der Waals surface area contributed by atoms with E-state index in [4.69, 9.17) is 4.42 Å². The number of aryl methyl sites for hydroxylation is 1. The van der Waals surface area contributed by atoms with Crippen molar-refractivity contribution >= 4 is 17.7 Å². The number of hydrogen-bond donors (Lipinski definition) is 2. The topological polar surface area (TPSA) is 106 Å². The van der Waals surface area contributed by atoms with Crippen LogP contribution in [0.4, 0.5) is 0 Å². The van der Waals surface area contributed by atoms with Gasteiger partial charge in [0.15, 0.2) is 5.82 Å². The fourth-order valence-corrected chi connectivity index (χ4v) is 2.31. The molecule has 2 N–H and O–H groups in total. The number of furan rings is 1. The van der Waals surface area contributed by atoms with Crippen LogP contribution in [0, 0.1) is 6.92 Å². The fourth-order valence-electron chi connectivity index (χ4n) is 2.31. The Morgan fingerprint density at radius 3 is 2.72 bits per heavy atom. The molecule has 1 unspecified atom stereocenters. The third-order valence-corrected chi connectivity index (χ3v) is 3.56. The van der Waals surface area contributed by atoms with Gasteiger partial charge in [-0.15, -0.1) is 5.10 Å². The van der Waals surface area contributed by atoms with Gasteiger partial charge in [-0.05, 0) is 41.1 Å². The normalized spacial score (nSPS) is 12.8. The lowest BCUT2D eigenvalue weighted by atomic mass is 10.1. The Morgan fingerprint density at radius 1 is 1.32 bits per heavy atom. The number of carbonyl (C=O) groups excluding carboxylic acids is 1. The largest absolute Gasteiger partial charge is 0.467 e. The van der Waals surface area contributed by atoms with Gasteiger partial charge in [0.1, 0.15) is 17.5 Å². The second-order valence-electron chi connectivity index (χ2n) is 5.30. The summed E-state index contributed by atoms with van der Waals surface area (Å²) in [4.78, 5) is 12.8. The molecule has 1 aromatic carbocycles. The molecule has 0 aliphatic carbocycles. The van der Waals surface area contributed by atoms with Gasteiger partial charge in [-0.25, -0.2) is 0 Å². The molecule has 0 fully saturated rings. The van der Waals surface area contributed by atoms with E-state index < -0.39 is 11.9 Å². The zero-order valence-electron chi connectivity index (χ0n) is 13.5. The summed E-state index contributed by atoms with van der Waals surface area (Å²) >= 11 is 0. The molecule has 0 aliphatic rings. The van der Waals surface area contributed by atoms with E-state index in [2.05, 4.69) is 20.8 Å². The lowest BCUT2D eigenvalue weighted by Gasteiger charge is -2.15. The summed E-state index contributed by atoms with van der Waals surface area (Å²) in [5.74, 6) is 0.494. The molecule has 1 atom stereocenters. The van der Waals surface area contributed by atoms with Gasteiger partial charge >= 0.3 is 0 Å². The van der Waals surface area contributed by atoms with Crippen LogP contribution in [-0.2, 0) is 4.79 Å². The molecule has 3 rings (SSSR count). The number of rotatable bonds is 6. The minimum Gasteiger partial charge on any atom is -0.467 e. The number of nitrogens with one attached hydrogen (secondary N) is 1. The predicted molar refractivity (Wildman–Crippen MR) is 89.8 cm³/mol. The van der Waals surface area contributed by atoms with Gasteiger partial charge in [-0.3, -0.25) is 4.79 Å². The van der Waals surface area contributed by atoms with Crippen LogP contribution in [0.2, 0.25) is 0 Å². The summed E-state index contributed by atoms with van der Waals surface area (Å²) in [5, 5.41) is 23.6. The average Bonchev–Trinajstić information content (AvgIpc) is 3.30. The molecule has 25 heavy (non-hydrogen) atoms. The fraction of sp³-hybridized carbons (Fsp3) is 0.176. The molecule has 0 aliphatic heterocycles. The number of nitrogens with zero attached hydrogens (tertiary/aromatic N) is 4. The number of aromatic nitrogens is 4. The number of tetrazole rings is 1. The monoisotopic (exact) mass is 339 g/mol. The maximum absolute atomic E-state index is 12.8. The van der Waals surface area contributed by atoms with E-state index in [1.165, 1.54) is 10.9 Å². The molecule has 0 spiro atoms. The van der Waals surface area contributed by atoms with Crippen molar-refractivity contribution in [3.05, 3.63) is 65.9 Å². The van der Waals surface area contributed by atoms with Crippen molar-refractivity contribution in [1.29, 1.82) is 0 Å². The molecule has 0 saturated carbocycles. The van der Waals surface area contributed by atoms with E-state index in [0.717, 1.165) is 5.56 Å². The number of benzene rings is 1. The molecule has 8 nitrogen and oxygen atoms in total. The molecule has 8 heteroatoms. The molecular formula is C17H17N5O3. The third-order valence-electron chi connectivity index (χ3n) is 3.56. The van der Waals surface area contributed by atoms with Crippen molar-refractivity contribution in [2.75, 3.05) is 6.61 Å². The van der Waals surface area contributed by atoms with Crippen LogP contribution < -0.4 is 5.32 Å². The summed E-state index contributed by atoms with van der Waals surface area (Å²) in [5.41, 5.74) is 1.06. The Morgan fingerprint density at radius 2 is 2.12 bits per heavy atom. The number of aliphatic hydroxyl groups is 1. The number of hydrogen-bond acceptors (Lipinski definition) is 6. The second-order valence-corrected chi connectivity index (χ2v) is 5.30. The summed E-state index contributed by atoms with van der Waals surface area (Å²) in [7, 11) is 0. The smallest absolute Gasteiger partial charge is 0.270 e. The summed E-state index contributed by atoms with van der Waals surface area (Å²) in [6.45, 7) is 1.40. The van der Waals surface area contributed by atoms with Gasteiger partial charge in [0, 0.05) is 0 Å². The highest BCUT2D eigenvalue weighted by Crippen LogP contribution is 2.17. The number of amides is 1. The van der Waals surface area contributed by atoms with E-state index in [1.54, 1.807) is 25.1 Å². The number of carbonyl (C=O) groups is 1. The molecular weight excluding hydrogens is 322 g/mol. The van der Waals surface area contributed by atoms with Crippen LogP contribution in [0.25, 0.3) is 11.8 Å². The van der Waals surface area contributed by atoms with Crippen molar-refractivity contribution in [2.24, 2.45) is 0 Å². The second kappa shape index (κ2) is 7.54. The first-order valence-corrected chi connectivity index (χ1v) is 7.66. The minimum atomic E-state index is -0.668. The molecule has 1 amide bonds. The van der Waals surface area contributed by atoms with Crippen molar-refractivity contribution in [1.82, 2.24) is 25.5 Å². The first-order valence-electron chi connectivity index (χ1n) is 7.66. The Kier molecular flexibility index (Phi) is 5.00. The van der Waals surface area contributed by atoms with Crippen LogP contribution in [0.3, 0.4) is 0 Å². The molecule has 0 radical (unpaired) electrons. The van der Waals surface area contributed by atoms with Crippen molar-refractivity contribution in [3.63, 3.8) is 0 Å². The van der Waals surface area contributed by atoms with Gasteiger partial charge in [-0.2, -0.15) is 4.68 Å². The molecule has 3 aromatic rings. The maximum Gasteiger partial charge on any atom is 0.270 e. The molecule has 2 aromatic heterocycles. The third kappa shape index (κ3) is 3.81. The Labute approximate surface area is 143 Å². The predicted octanol–water partition coefficient (Wildman–Crippen LogP) is 1.42. The molecule has 0 bridgehead atoms. The quantitative estimate of drug-likeness (QED) is 0.658. The Balaban J connectivity index is 1.93. The highest BCUT2D eigenvalue weighted by molar-refractivity contribution is 6.18. The lowest BCUT2D eigenvalue weighted by molar-refractivity contribution is -0.117. The van der Waals surface area contributed by atoms with E-state index in [9.17, 15) is 9.90 Å². The van der Waals surface area contributed by atoms with Gasteiger partial charge < -0.3 is 14.8 Å². The van der Waals surface area contributed by atoms with Crippen LogP contribution in [0.1, 0.15) is 23.2 Å². The first kappa shape index (κ1) is 16.6. The highest BCUT2D eigenvalue weighted by Gasteiger charge is 2.21. The van der Waals surface area contributed by atoms with Gasteiger partial charge in [-0.1, -0.05) is 30.3 Å². The summed E-state index contributed by atoms with van der Waals surface area (Å²) in [6.07, 6.45) is 3.16. The van der Waals surface area contributed by atoms with Gasteiger partial charge in [0.05, 0.1) is 12.9 Å². The first-order chi connectivity index (χ1) is 12.2. The van der Waals surface area contributed by atoms with Crippen LogP contribution in [-0.4, -0.2) is 37.8 Å². The standard InChI is InChI=1S/C17H17N5O3/c1-12-19-20-21-22(12)15(10-13-6-3-2-4-7-13)17(24)18-14(11-23)16-8-5-9-25-16/h2-10,14,23H,11H2,1H3,(H,18,24)/b15-10+. The van der Waals surface area contributed by atoms with Crippen LogP contribution in [0.15, 0.2) is 53.1 Å². The van der Waals surface area contributed by atoms with Crippen molar-refractivity contribution in [2.45, 2.75) is 13.0 Å². The van der Waals surface area contributed by atoms with E-state index >= 15 is 0 Å². The summed E-state index contributed by atoms with van der Waals surface area (Å²) in [6, 6.07) is 12.1. The summed E-state index contributed by atoms with van der Waals surface area (Å²) < 4.78 is 6.60. The molecule has 0 saturated heterocycles. The van der Waals surface area contributed by atoms with Crippen molar-refractivity contribution < 1.29 is 14.3 Å². The minimum absolute atomic E-state index is 0.235.